The first-order valence-electron chi connectivity index (χ1n) is 6.93. The van der Waals surface area contributed by atoms with Gasteiger partial charge in [0.25, 0.3) is 0 Å². The largest absolute Gasteiger partial charge is 0.311 e. The molecule has 16 heavy (non-hydrogen) atoms. The van der Waals surface area contributed by atoms with Crippen LogP contribution in [0, 0.1) is 0 Å². The summed E-state index contributed by atoms with van der Waals surface area (Å²) in [5, 5.41) is 3.49. The average Bonchev–Trinajstić information content (AvgIpc) is 2.27. The maximum atomic E-state index is 5.84. The summed E-state index contributed by atoms with van der Waals surface area (Å²) in [7, 11) is 0. The molecule has 0 aliphatic carbocycles. The number of halogens is 1. The van der Waals surface area contributed by atoms with Gasteiger partial charge in [0.2, 0.25) is 0 Å². The van der Waals surface area contributed by atoms with Crippen molar-refractivity contribution >= 4 is 11.6 Å². The molecule has 0 heterocycles. The maximum absolute atomic E-state index is 5.84. The van der Waals surface area contributed by atoms with Gasteiger partial charge >= 0.3 is 0 Å². The minimum Gasteiger partial charge on any atom is -0.311 e. The van der Waals surface area contributed by atoms with Crippen molar-refractivity contribution in [3.63, 3.8) is 0 Å². The predicted octanol–water partition coefficient (Wildman–Crippen LogP) is 4.73. The number of alkyl halides is 1. The number of unbranched alkanes of at least 4 members (excludes halogenated alkanes) is 7. The van der Waals surface area contributed by atoms with Crippen LogP contribution in [0.5, 0.6) is 0 Å². The van der Waals surface area contributed by atoms with Crippen LogP contribution in [-0.2, 0) is 0 Å². The monoisotopic (exact) mass is 247 g/mol. The molecule has 0 aromatic carbocycles. The highest BCUT2D eigenvalue weighted by Gasteiger charge is 2.13. The van der Waals surface area contributed by atoms with Crippen LogP contribution >= 0.6 is 11.6 Å². The van der Waals surface area contributed by atoms with E-state index in [1.165, 1.54) is 51.4 Å². The highest BCUT2D eigenvalue weighted by atomic mass is 35.5. The van der Waals surface area contributed by atoms with E-state index in [2.05, 4.69) is 26.1 Å². The molecule has 98 valence electrons. The van der Waals surface area contributed by atoms with Crippen molar-refractivity contribution in [1.29, 1.82) is 0 Å². The second-order valence-electron chi connectivity index (χ2n) is 5.42. The molecule has 0 rings (SSSR count). The fourth-order valence-corrected chi connectivity index (χ4v) is 1.83. The molecule has 1 nitrogen and oxygen atoms in total. The Morgan fingerprint density at radius 1 is 0.875 bits per heavy atom. The van der Waals surface area contributed by atoms with Gasteiger partial charge in [0.05, 0.1) is 0 Å². The molecule has 0 atom stereocenters. The fraction of sp³-hybridized carbons (Fsp3) is 1.00. The van der Waals surface area contributed by atoms with Crippen LogP contribution in [0.15, 0.2) is 0 Å². The van der Waals surface area contributed by atoms with Gasteiger partial charge in [-0.05, 0) is 26.8 Å². The summed E-state index contributed by atoms with van der Waals surface area (Å²) in [5.74, 6) is 0.685. The third kappa shape index (κ3) is 10.8. The molecular weight excluding hydrogens is 218 g/mol. The summed E-state index contributed by atoms with van der Waals surface area (Å²) in [5.41, 5.74) is 0.0999. The van der Waals surface area contributed by atoms with Gasteiger partial charge in [-0.2, -0.15) is 0 Å². The SMILES string of the molecule is CCCCCCCCCCNC(C)(C)CCl. The zero-order valence-electron chi connectivity index (χ0n) is 11.4. The first kappa shape index (κ1) is 16.2. The Labute approximate surface area is 107 Å². The summed E-state index contributed by atoms with van der Waals surface area (Å²) in [4.78, 5) is 0. The standard InChI is InChI=1S/C14H30ClN/c1-4-5-6-7-8-9-10-11-12-16-14(2,3)13-15/h16H,4-13H2,1-3H3. The van der Waals surface area contributed by atoms with E-state index in [4.69, 9.17) is 11.6 Å². The first-order chi connectivity index (χ1) is 7.62. The molecule has 0 aliphatic rings. The van der Waals surface area contributed by atoms with E-state index in [1.807, 2.05) is 0 Å². The zero-order valence-corrected chi connectivity index (χ0v) is 12.2. The second-order valence-corrected chi connectivity index (χ2v) is 5.69. The summed E-state index contributed by atoms with van der Waals surface area (Å²) in [6.07, 6.45) is 11.1. The van der Waals surface area contributed by atoms with Crippen LogP contribution in [0.4, 0.5) is 0 Å². The van der Waals surface area contributed by atoms with Gasteiger partial charge in [0, 0.05) is 11.4 Å². The molecule has 0 aromatic rings. The number of hydrogen-bond donors (Lipinski definition) is 1. The van der Waals surface area contributed by atoms with Crippen molar-refractivity contribution in [3.8, 4) is 0 Å². The lowest BCUT2D eigenvalue weighted by molar-refractivity contribution is 0.420. The van der Waals surface area contributed by atoms with Gasteiger partial charge in [-0.15, -0.1) is 11.6 Å². The van der Waals surface area contributed by atoms with Gasteiger partial charge in [0.15, 0.2) is 0 Å². The van der Waals surface area contributed by atoms with Crippen LogP contribution in [-0.4, -0.2) is 18.0 Å². The van der Waals surface area contributed by atoms with E-state index in [1.54, 1.807) is 0 Å². The van der Waals surface area contributed by atoms with E-state index >= 15 is 0 Å². The van der Waals surface area contributed by atoms with E-state index in [9.17, 15) is 0 Å². The normalized spacial score (nSPS) is 12.0. The quantitative estimate of drug-likeness (QED) is 0.411. The van der Waals surface area contributed by atoms with Crippen molar-refractivity contribution in [2.75, 3.05) is 12.4 Å². The highest BCUT2D eigenvalue weighted by molar-refractivity contribution is 6.18. The van der Waals surface area contributed by atoms with Crippen LogP contribution < -0.4 is 5.32 Å². The molecule has 0 bridgehead atoms. The maximum Gasteiger partial charge on any atom is 0.0400 e. The van der Waals surface area contributed by atoms with Crippen molar-refractivity contribution < 1.29 is 0 Å². The van der Waals surface area contributed by atoms with E-state index in [-0.39, 0.29) is 5.54 Å². The Balaban J connectivity index is 3.10. The van der Waals surface area contributed by atoms with Gasteiger partial charge in [-0.1, -0.05) is 51.9 Å². The topological polar surface area (TPSA) is 12.0 Å². The van der Waals surface area contributed by atoms with Gasteiger partial charge < -0.3 is 5.32 Å². The van der Waals surface area contributed by atoms with Crippen LogP contribution in [0.3, 0.4) is 0 Å². The molecule has 0 saturated heterocycles. The molecular formula is C14H30ClN. The number of rotatable bonds is 11. The number of nitrogens with one attached hydrogen (secondary N) is 1. The fourth-order valence-electron chi connectivity index (χ4n) is 1.73. The Kier molecular flexibility index (Phi) is 10.6. The Hall–Kier alpha value is 0.250. The number of hydrogen-bond acceptors (Lipinski definition) is 1. The first-order valence-corrected chi connectivity index (χ1v) is 7.47. The third-order valence-corrected chi connectivity index (χ3v) is 3.64. The van der Waals surface area contributed by atoms with Crippen LogP contribution in [0.25, 0.3) is 0 Å². The van der Waals surface area contributed by atoms with Gasteiger partial charge in [-0.25, -0.2) is 0 Å². The lowest BCUT2D eigenvalue weighted by Crippen LogP contribution is -2.41. The Morgan fingerprint density at radius 3 is 1.88 bits per heavy atom. The summed E-state index contributed by atoms with van der Waals surface area (Å²) in [6, 6.07) is 0. The van der Waals surface area contributed by atoms with E-state index < -0.39 is 0 Å². The summed E-state index contributed by atoms with van der Waals surface area (Å²) in [6.45, 7) is 7.69. The average molecular weight is 248 g/mol. The van der Waals surface area contributed by atoms with Crippen molar-refractivity contribution in [2.45, 2.75) is 77.7 Å². The van der Waals surface area contributed by atoms with Crippen molar-refractivity contribution in [3.05, 3.63) is 0 Å². The second kappa shape index (κ2) is 10.4. The molecule has 0 fully saturated rings. The summed E-state index contributed by atoms with van der Waals surface area (Å²) < 4.78 is 0. The van der Waals surface area contributed by atoms with Gasteiger partial charge in [0.1, 0.15) is 0 Å². The molecule has 0 aliphatic heterocycles. The molecule has 0 spiro atoms. The lowest BCUT2D eigenvalue weighted by Gasteiger charge is -2.23. The van der Waals surface area contributed by atoms with Crippen molar-refractivity contribution in [1.82, 2.24) is 5.32 Å². The lowest BCUT2D eigenvalue weighted by atomic mass is 10.1. The Morgan fingerprint density at radius 2 is 1.38 bits per heavy atom. The molecule has 0 saturated carbocycles. The molecule has 0 amide bonds. The minimum atomic E-state index is 0.0999. The predicted molar refractivity (Wildman–Crippen MR) is 75.4 cm³/mol. The van der Waals surface area contributed by atoms with Crippen molar-refractivity contribution in [2.24, 2.45) is 0 Å². The van der Waals surface area contributed by atoms with Gasteiger partial charge in [-0.3, -0.25) is 0 Å². The van der Waals surface area contributed by atoms with Crippen LogP contribution in [0.1, 0.15) is 72.1 Å². The summed E-state index contributed by atoms with van der Waals surface area (Å²) >= 11 is 5.84. The Bertz CT molecular complexity index is 146. The minimum absolute atomic E-state index is 0.0999. The third-order valence-electron chi connectivity index (χ3n) is 2.97. The van der Waals surface area contributed by atoms with E-state index in [0.29, 0.717) is 5.88 Å². The smallest absolute Gasteiger partial charge is 0.0400 e. The molecule has 1 N–H and O–H groups in total. The zero-order chi connectivity index (χ0) is 12.3. The van der Waals surface area contributed by atoms with Crippen LogP contribution in [0.2, 0.25) is 0 Å². The molecule has 0 radical (unpaired) electrons. The molecule has 0 unspecified atom stereocenters. The highest BCUT2D eigenvalue weighted by Crippen LogP contribution is 2.09. The molecule has 2 heteroatoms. The van der Waals surface area contributed by atoms with E-state index in [0.717, 1.165) is 6.54 Å². The molecule has 0 aromatic heterocycles.